The molecule has 3 aromatic carbocycles. The summed E-state index contributed by atoms with van der Waals surface area (Å²) >= 11 is 5.85. The number of hydrogen-bond acceptors (Lipinski definition) is 5. The standard InChI is InChI=1S/C25H18ClN5O4/c26-17-9-11-18(12-10-17)28-23(33)19-6-2-4-8-21(19)30-24(34)25(35)31-27-14-16-13-15-5-1-3-7-20(15)29-22(16)32/h1-14H,(H,28,33)(H,29,32)(H,30,34)(H,31,35)/b27-14-. The Bertz CT molecular complexity index is 1510. The lowest BCUT2D eigenvalue weighted by Gasteiger charge is -2.11. The van der Waals surface area contributed by atoms with Gasteiger partial charge in [0, 0.05) is 16.2 Å². The van der Waals surface area contributed by atoms with Crippen molar-refractivity contribution >= 4 is 57.8 Å². The SMILES string of the molecule is O=C(N/N=C\c1cc2ccccc2[nH]c1=O)C(=O)Nc1ccccc1C(=O)Nc1ccc(Cl)cc1. The van der Waals surface area contributed by atoms with Crippen LogP contribution in [0.2, 0.25) is 5.02 Å². The zero-order valence-electron chi connectivity index (χ0n) is 18.0. The number of benzene rings is 3. The molecule has 3 amide bonds. The molecule has 0 aliphatic carbocycles. The third-order valence-corrected chi connectivity index (χ3v) is 5.13. The van der Waals surface area contributed by atoms with Crippen molar-refractivity contribution < 1.29 is 14.4 Å². The van der Waals surface area contributed by atoms with Crippen LogP contribution >= 0.6 is 11.6 Å². The summed E-state index contributed by atoms with van der Waals surface area (Å²) in [6.45, 7) is 0. The second-order valence-corrected chi connectivity index (χ2v) is 7.74. The average molecular weight is 488 g/mol. The first kappa shape index (κ1) is 23.4. The van der Waals surface area contributed by atoms with Crippen molar-refractivity contribution in [2.75, 3.05) is 10.6 Å². The predicted octanol–water partition coefficient (Wildman–Crippen LogP) is 3.52. The number of para-hydroxylation sites is 2. The highest BCUT2D eigenvalue weighted by Gasteiger charge is 2.18. The molecule has 0 radical (unpaired) electrons. The van der Waals surface area contributed by atoms with Gasteiger partial charge in [-0.3, -0.25) is 19.2 Å². The number of hydrazone groups is 1. The molecule has 0 aliphatic heterocycles. The molecular formula is C25H18ClN5O4. The third kappa shape index (κ3) is 5.79. The average Bonchev–Trinajstić information content (AvgIpc) is 2.86. The second kappa shape index (κ2) is 10.4. The minimum absolute atomic E-state index is 0.133. The molecule has 4 rings (SSSR count). The van der Waals surface area contributed by atoms with Crippen LogP contribution in [0.1, 0.15) is 15.9 Å². The number of pyridine rings is 1. The van der Waals surface area contributed by atoms with Crippen LogP contribution in [0.15, 0.2) is 88.8 Å². The van der Waals surface area contributed by atoms with Crippen molar-refractivity contribution in [2.45, 2.75) is 0 Å². The maximum absolute atomic E-state index is 12.7. The number of rotatable bonds is 5. The highest BCUT2D eigenvalue weighted by molar-refractivity contribution is 6.40. The first-order valence-electron chi connectivity index (χ1n) is 10.3. The summed E-state index contributed by atoms with van der Waals surface area (Å²) in [5, 5.41) is 10.1. The Morgan fingerprint density at radius 3 is 2.37 bits per heavy atom. The van der Waals surface area contributed by atoms with E-state index >= 15 is 0 Å². The van der Waals surface area contributed by atoms with Crippen LogP contribution < -0.4 is 21.6 Å². The van der Waals surface area contributed by atoms with Crippen LogP contribution in [-0.2, 0) is 9.59 Å². The molecule has 35 heavy (non-hydrogen) atoms. The predicted molar refractivity (Wildman–Crippen MR) is 135 cm³/mol. The first-order valence-corrected chi connectivity index (χ1v) is 10.7. The zero-order chi connectivity index (χ0) is 24.8. The molecule has 10 heteroatoms. The van der Waals surface area contributed by atoms with Crippen molar-refractivity contribution in [1.82, 2.24) is 10.4 Å². The van der Waals surface area contributed by atoms with E-state index in [-0.39, 0.29) is 16.8 Å². The van der Waals surface area contributed by atoms with E-state index in [0.29, 0.717) is 16.2 Å². The van der Waals surface area contributed by atoms with E-state index in [1.807, 2.05) is 12.1 Å². The summed E-state index contributed by atoms with van der Waals surface area (Å²) in [5.41, 5.74) is 3.33. The quantitative estimate of drug-likeness (QED) is 0.195. The molecule has 4 N–H and O–H groups in total. The molecule has 0 saturated carbocycles. The van der Waals surface area contributed by atoms with Crippen LogP contribution in [-0.4, -0.2) is 28.9 Å². The van der Waals surface area contributed by atoms with Gasteiger partial charge in [0.1, 0.15) is 0 Å². The van der Waals surface area contributed by atoms with E-state index in [9.17, 15) is 19.2 Å². The van der Waals surface area contributed by atoms with Gasteiger partial charge in [-0.25, -0.2) is 5.43 Å². The summed E-state index contributed by atoms with van der Waals surface area (Å²) in [5.74, 6) is -2.61. The largest absolute Gasteiger partial charge is 0.329 e. The number of H-pyrrole nitrogens is 1. The van der Waals surface area contributed by atoms with E-state index < -0.39 is 23.3 Å². The highest BCUT2D eigenvalue weighted by Crippen LogP contribution is 2.19. The molecule has 0 bridgehead atoms. The lowest BCUT2D eigenvalue weighted by atomic mass is 10.1. The molecular weight excluding hydrogens is 470 g/mol. The van der Waals surface area contributed by atoms with Gasteiger partial charge in [-0.05, 0) is 53.9 Å². The number of nitrogens with zero attached hydrogens (tertiary/aromatic N) is 1. The molecule has 1 heterocycles. The normalized spacial score (nSPS) is 10.8. The molecule has 174 valence electrons. The van der Waals surface area contributed by atoms with Crippen LogP contribution in [0.5, 0.6) is 0 Å². The summed E-state index contributed by atoms with van der Waals surface area (Å²) < 4.78 is 0. The minimum Gasteiger partial charge on any atom is -0.322 e. The summed E-state index contributed by atoms with van der Waals surface area (Å²) in [6, 6.07) is 21.5. The number of carbonyl (C=O) groups is 3. The molecule has 0 spiro atoms. The number of nitrogens with one attached hydrogen (secondary N) is 4. The molecule has 0 unspecified atom stereocenters. The van der Waals surface area contributed by atoms with Gasteiger partial charge in [-0.15, -0.1) is 0 Å². The van der Waals surface area contributed by atoms with Gasteiger partial charge in [0.15, 0.2) is 0 Å². The van der Waals surface area contributed by atoms with Gasteiger partial charge in [-0.1, -0.05) is 41.9 Å². The number of halogens is 1. The van der Waals surface area contributed by atoms with E-state index in [1.54, 1.807) is 54.6 Å². The maximum Gasteiger partial charge on any atom is 0.329 e. The number of fused-ring (bicyclic) bond motifs is 1. The van der Waals surface area contributed by atoms with Crippen LogP contribution in [0, 0.1) is 0 Å². The third-order valence-electron chi connectivity index (χ3n) is 4.88. The van der Waals surface area contributed by atoms with E-state index in [2.05, 4.69) is 26.1 Å². The van der Waals surface area contributed by atoms with Gasteiger partial charge in [-0.2, -0.15) is 5.10 Å². The number of carbonyl (C=O) groups excluding carboxylic acids is 3. The van der Waals surface area contributed by atoms with Crippen LogP contribution in [0.25, 0.3) is 10.9 Å². The van der Waals surface area contributed by atoms with Gasteiger partial charge < -0.3 is 15.6 Å². The zero-order valence-corrected chi connectivity index (χ0v) is 18.8. The lowest BCUT2D eigenvalue weighted by Crippen LogP contribution is -2.33. The number of hydrogen-bond donors (Lipinski definition) is 4. The second-order valence-electron chi connectivity index (χ2n) is 7.30. The fraction of sp³-hybridized carbons (Fsp3) is 0. The molecule has 4 aromatic rings. The van der Waals surface area contributed by atoms with Crippen LogP contribution in [0.4, 0.5) is 11.4 Å². The van der Waals surface area contributed by atoms with Crippen molar-refractivity contribution in [3.8, 4) is 0 Å². The molecule has 9 nitrogen and oxygen atoms in total. The fourth-order valence-electron chi connectivity index (χ4n) is 3.17. The Balaban J connectivity index is 1.41. The number of aromatic nitrogens is 1. The van der Waals surface area contributed by atoms with Gasteiger partial charge in [0.2, 0.25) is 0 Å². The lowest BCUT2D eigenvalue weighted by molar-refractivity contribution is -0.136. The van der Waals surface area contributed by atoms with Gasteiger partial charge in [0.25, 0.3) is 11.5 Å². The van der Waals surface area contributed by atoms with E-state index in [0.717, 1.165) is 11.6 Å². The molecule has 1 aromatic heterocycles. The molecule has 0 atom stereocenters. The van der Waals surface area contributed by atoms with Crippen molar-refractivity contribution in [1.29, 1.82) is 0 Å². The fourth-order valence-corrected chi connectivity index (χ4v) is 3.30. The first-order chi connectivity index (χ1) is 16.9. The minimum atomic E-state index is -1.08. The summed E-state index contributed by atoms with van der Waals surface area (Å²) in [6.07, 6.45) is 1.14. The Morgan fingerprint density at radius 1 is 0.857 bits per heavy atom. The van der Waals surface area contributed by atoms with E-state index in [1.165, 1.54) is 12.1 Å². The smallest absolute Gasteiger partial charge is 0.322 e. The Morgan fingerprint density at radius 2 is 1.57 bits per heavy atom. The monoisotopic (exact) mass is 487 g/mol. The van der Waals surface area contributed by atoms with Crippen molar-refractivity contribution in [3.63, 3.8) is 0 Å². The Hall–Kier alpha value is -4.76. The Kier molecular flexibility index (Phi) is 6.99. The van der Waals surface area contributed by atoms with Gasteiger partial charge >= 0.3 is 11.8 Å². The topological polar surface area (TPSA) is 133 Å². The van der Waals surface area contributed by atoms with E-state index in [4.69, 9.17) is 11.6 Å². The van der Waals surface area contributed by atoms with Crippen molar-refractivity contribution in [2.24, 2.45) is 5.10 Å². The number of amides is 3. The number of aromatic amines is 1. The number of anilines is 2. The van der Waals surface area contributed by atoms with Gasteiger partial charge in [0.05, 0.1) is 23.0 Å². The Labute approximate surface area is 203 Å². The van der Waals surface area contributed by atoms with Crippen LogP contribution in [0.3, 0.4) is 0 Å². The molecule has 0 saturated heterocycles. The molecule has 0 fully saturated rings. The molecule has 0 aliphatic rings. The van der Waals surface area contributed by atoms with Crippen molar-refractivity contribution in [3.05, 3.63) is 105 Å². The highest BCUT2D eigenvalue weighted by atomic mass is 35.5. The summed E-state index contributed by atoms with van der Waals surface area (Å²) in [4.78, 5) is 52.1. The summed E-state index contributed by atoms with van der Waals surface area (Å²) in [7, 11) is 0. The maximum atomic E-state index is 12.7.